The summed E-state index contributed by atoms with van der Waals surface area (Å²) in [7, 11) is 3.99. The average Bonchev–Trinajstić information content (AvgIpc) is 2.44. The second-order valence-corrected chi connectivity index (χ2v) is 3.89. The number of ketones is 1. The van der Waals surface area contributed by atoms with Gasteiger partial charge in [0.25, 0.3) is 0 Å². The van der Waals surface area contributed by atoms with Gasteiger partial charge in [0.05, 0.1) is 24.5 Å². The number of carbonyl (C=O) groups excluding carboxylic acids is 1. The number of nitrogens with zero attached hydrogens (tertiary/aromatic N) is 2. The monoisotopic (exact) mass is 203 g/mol. The van der Waals surface area contributed by atoms with Gasteiger partial charge in [0.15, 0.2) is 7.05 Å². The van der Waals surface area contributed by atoms with Crippen molar-refractivity contribution in [1.29, 1.82) is 0 Å². The van der Waals surface area contributed by atoms with Gasteiger partial charge < -0.3 is 0 Å². The van der Waals surface area contributed by atoms with E-state index in [-0.39, 0.29) is 5.78 Å². The average molecular weight is 203 g/mol. The number of Topliss-reactive ketones (excluding diaryl/α,β-unsaturated/α-hetero) is 1. The van der Waals surface area contributed by atoms with Gasteiger partial charge >= 0.3 is 0 Å². The number of benzene rings is 1. The second-order valence-electron chi connectivity index (χ2n) is 3.89. The normalized spacial score (nSPS) is 10.9. The molecule has 78 valence electrons. The predicted molar refractivity (Wildman–Crippen MR) is 58.5 cm³/mol. The molecule has 0 atom stereocenters. The molecule has 3 heteroatoms. The lowest BCUT2D eigenvalue weighted by Crippen LogP contribution is -2.38. The van der Waals surface area contributed by atoms with Crippen molar-refractivity contribution in [2.75, 3.05) is 0 Å². The van der Waals surface area contributed by atoms with E-state index in [9.17, 15) is 4.79 Å². The number of aromatic nitrogens is 2. The first-order chi connectivity index (χ1) is 7.11. The Morgan fingerprint density at radius 1 is 1.40 bits per heavy atom. The summed E-state index contributed by atoms with van der Waals surface area (Å²) >= 11 is 0. The smallest absolute Gasteiger partial charge is 0.238 e. The van der Waals surface area contributed by atoms with Gasteiger partial charge in [-0.05, 0) is 13.0 Å². The molecular formula is C12H15N2O+. The van der Waals surface area contributed by atoms with Crippen LogP contribution in [0.3, 0.4) is 0 Å². The molecule has 0 aliphatic heterocycles. The summed E-state index contributed by atoms with van der Waals surface area (Å²) in [5, 5.41) is 1.16. The Hall–Kier alpha value is -1.64. The van der Waals surface area contributed by atoms with Crippen molar-refractivity contribution in [1.82, 2.24) is 4.68 Å². The van der Waals surface area contributed by atoms with Gasteiger partial charge in [-0.25, -0.2) is 0 Å². The third kappa shape index (κ3) is 1.54. The summed E-state index contributed by atoms with van der Waals surface area (Å²) in [5.74, 6) is 0.196. The Morgan fingerprint density at radius 3 is 2.73 bits per heavy atom. The first kappa shape index (κ1) is 9.90. The van der Waals surface area contributed by atoms with Gasteiger partial charge in [-0.1, -0.05) is 12.1 Å². The first-order valence-corrected chi connectivity index (χ1v) is 5.03. The van der Waals surface area contributed by atoms with Gasteiger partial charge in [0.1, 0.15) is 5.78 Å². The van der Waals surface area contributed by atoms with Gasteiger partial charge in [-0.2, -0.15) is 4.68 Å². The van der Waals surface area contributed by atoms with E-state index in [0.717, 1.165) is 16.6 Å². The number of fused-ring (bicyclic) bond motifs is 1. The number of carbonyl (C=O) groups is 1. The molecule has 0 aliphatic rings. The molecule has 0 fully saturated rings. The van der Waals surface area contributed by atoms with Crippen molar-refractivity contribution < 1.29 is 9.48 Å². The Kier molecular flexibility index (Phi) is 2.31. The number of hydrogen-bond acceptors (Lipinski definition) is 1. The van der Waals surface area contributed by atoms with Gasteiger partial charge in [-0.15, -0.1) is 4.68 Å². The highest BCUT2D eigenvalue weighted by Gasteiger charge is 2.18. The molecule has 1 aromatic heterocycles. The fraction of sp³-hybridized carbons (Fsp3) is 0.333. The maximum Gasteiger partial charge on any atom is 0.238 e. The summed E-state index contributed by atoms with van der Waals surface area (Å²) in [6.45, 7) is 1.63. The zero-order valence-corrected chi connectivity index (χ0v) is 9.32. The van der Waals surface area contributed by atoms with Crippen molar-refractivity contribution in [2.45, 2.75) is 13.3 Å². The molecule has 0 amide bonds. The van der Waals surface area contributed by atoms with Crippen molar-refractivity contribution in [3.63, 3.8) is 0 Å². The lowest BCUT2D eigenvalue weighted by Gasteiger charge is -1.96. The van der Waals surface area contributed by atoms with Crippen molar-refractivity contribution in [2.24, 2.45) is 14.1 Å². The molecule has 0 N–H and O–H groups in total. The van der Waals surface area contributed by atoms with Crippen molar-refractivity contribution in [3.05, 3.63) is 30.0 Å². The highest BCUT2D eigenvalue weighted by atomic mass is 16.1. The highest BCUT2D eigenvalue weighted by Crippen LogP contribution is 2.16. The number of para-hydroxylation sites is 1. The minimum atomic E-state index is 0.196. The molecule has 2 rings (SSSR count). The highest BCUT2D eigenvalue weighted by molar-refractivity contribution is 5.85. The predicted octanol–water partition coefficient (Wildman–Crippen LogP) is 1.13. The summed E-state index contributed by atoms with van der Waals surface area (Å²) in [4.78, 5) is 11.2. The van der Waals surface area contributed by atoms with Crippen LogP contribution in [0.4, 0.5) is 0 Å². The molecule has 0 saturated heterocycles. The summed E-state index contributed by atoms with van der Waals surface area (Å²) in [5.41, 5.74) is 2.25. The van der Waals surface area contributed by atoms with E-state index in [1.165, 1.54) is 0 Å². The van der Waals surface area contributed by atoms with Crippen LogP contribution in [-0.4, -0.2) is 10.5 Å². The zero-order chi connectivity index (χ0) is 11.0. The van der Waals surface area contributed by atoms with Crippen LogP contribution in [0.15, 0.2) is 24.3 Å². The van der Waals surface area contributed by atoms with E-state index in [2.05, 4.69) is 16.8 Å². The fourth-order valence-electron chi connectivity index (χ4n) is 1.96. The number of aryl methyl sites for hydroxylation is 1. The van der Waals surface area contributed by atoms with E-state index in [1.807, 2.05) is 30.9 Å². The Morgan fingerprint density at radius 2 is 2.07 bits per heavy atom. The van der Waals surface area contributed by atoms with Gasteiger partial charge in [-0.3, -0.25) is 4.79 Å². The quantitative estimate of drug-likeness (QED) is 0.672. The summed E-state index contributed by atoms with van der Waals surface area (Å²) in [6.07, 6.45) is 0.498. The third-order valence-electron chi connectivity index (χ3n) is 2.82. The molecule has 0 aliphatic carbocycles. The van der Waals surface area contributed by atoms with Crippen LogP contribution in [0.1, 0.15) is 12.6 Å². The van der Waals surface area contributed by atoms with Crippen LogP contribution in [-0.2, 0) is 25.3 Å². The molecule has 0 saturated carbocycles. The third-order valence-corrected chi connectivity index (χ3v) is 2.82. The molecule has 1 aromatic carbocycles. The maximum atomic E-state index is 11.2. The van der Waals surface area contributed by atoms with Crippen LogP contribution in [0.5, 0.6) is 0 Å². The SMILES string of the molecule is CC(=O)Cc1c2ccccc2[n+](C)n1C. The lowest BCUT2D eigenvalue weighted by molar-refractivity contribution is -0.728. The Bertz CT molecular complexity index is 526. The zero-order valence-electron chi connectivity index (χ0n) is 9.32. The first-order valence-electron chi connectivity index (χ1n) is 5.03. The van der Waals surface area contributed by atoms with E-state index in [0.29, 0.717) is 6.42 Å². The fourth-order valence-corrected chi connectivity index (χ4v) is 1.96. The molecule has 0 spiro atoms. The Labute approximate surface area is 88.9 Å². The molecular weight excluding hydrogens is 188 g/mol. The van der Waals surface area contributed by atoms with Crippen molar-refractivity contribution >= 4 is 16.7 Å². The van der Waals surface area contributed by atoms with E-state index in [4.69, 9.17) is 0 Å². The largest absolute Gasteiger partial charge is 0.300 e. The van der Waals surface area contributed by atoms with Crippen LogP contribution < -0.4 is 4.68 Å². The van der Waals surface area contributed by atoms with Gasteiger partial charge in [0, 0.05) is 6.07 Å². The van der Waals surface area contributed by atoms with E-state index in [1.54, 1.807) is 6.92 Å². The molecule has 0 unspecified atom stereocenters. The van der Waals surface area contributed by atoms with Crippen LogP contribution >= 0.6 is 0 Å². The van der Waals surface area contributed by atoms with Crippen LogP contribution in [0, 0.1) is 0 Å². The molecule has 0 radical (unpaired) electrons. The summed E-state index contributed by atoms with van der Waals surface area (Å²) in [6, 6.07) is 8.15. The molecule has 3 nitrogen and oxygen atoms in total. The lowest BCUT2D eigenvalue weighted by atomic mass is 10.1. The number of hydrogen-bond donors (Lipinski definition) is 0. The molecule has 15 heavy (non-hydrogen) atoms. The molecule has 0 bridgehead atoms. The van der Waals surface area contributed by atoms with E-state index < -0.39 is 0 Å². The van der Waals surface area contributed by atoms with Crippen LogP contribution in [0.25, 0.3) is 10.9 Å². The minimum absolute atomic E-state index is 0.196. The summed E-state index contributed by atoms with van der Waals surface area (Å²) < 4.78 is 4.10. The van der Waals surface area contributed by atoms with Crippen molar-refractivity contribution in [3.8, 4) is 0 Å². The molecule has 1 heterocycles. The van der Waals surface area contributed by atoms with Crippen LogP contribution in [0.2, 0.25) is 0 Å². The standard InChI is InChI=1S/C12H15N2O/c1-9(15)8-12-10-6-4-5-7-11(10)13(2)14(12)3/h4-7H,8H2,1-3H3/q+1. The minimum Gasteiger partial charge on any atom is -0.300 e. The van der Waals surface area contributed by atoms with Gasteiger partial charge in [0.2, 0.25) is 5.52 Å². The second kappa shape index (κ2) is 3.50. The van der Waals surface area contributed by atoms with E-state index >= 15 is 0 Å². The molecule has 2 aromatic rings. The number of rotatable bonds is 2. The Balaban J connectivity index is 2.72. The maximum absolute atomic E-state index is 11.2. The topological polar surface area (TPSA) is 25.9 Å².